The van der Waals surface area contributed by atoms with Crippen LogP contribution in [0.3, 0.4) is 0 Å². The first kappa shape index (κ1) is 8.06. The van der Waals surface area contributed by atoms with Crippen molar-refractivity contribution in [1.29, 1.82) is 0 Å². The highest BCUT2D eigenvalue weighted by atomic mass is 14.7. The van der Waals surface area contributed by atoms with E-state index in [0.29, 0.717) is 5.92 Å². The Kier molecular flexibility index (Phi) is 2.04. The Morgan fingerprint density at radius 1 is 1.40 bits per heavy atom. The van der Waals surface area contributed by atoms with Gasteiger partial charge in [-0.15, -0.1) is 0 Å². The molecular weight excluding hydrogens is 122 g/mol. The minimum Gasteiger partial charge on any atom is -0.325 e. The molecule has 3 atom stereocenters. The fourth-order valence-electron chi connectivity index (χ4n) is 1.79. The van der Waals surface area contributed by atoms with E-state index in [-0.39, 0.29) is 5.54 Å². The molecule has 0 aromatic carbocycles. The van der Waals surface area contributed by atoms with E-state index in [1.807, 2.05) is 0 Å². The van der Waals surface area contributed by atoms with Crippen LogP contribution in [0.25, 0.3) is 0 Å². The zero-order valence-corrected chi connectivity index (χ0v) is 7.35. The van der Waals surface area contributed by atoms with E-state index >= 15 is 0 Å². The van der Waals surface area contributed by atoms with Gasteiger partial charge in [0.2, 0.25) is 0 Å². The summed E-state index contributed by atoms with van der Waals surface area (Å²) in [5, 5.41) is 0. The van der Waals surface area contributed by atoms with Gasteiger partial charge in [0, 0.05) is 5.54 Å². The van der Waals surface area contributed by atoms with E-state index < -0.39 is 0 Å². The summed E-state index contributed by atoms with van der Waals surface area (Å²) in [5.41, 5.74) is 6.20. The lowest BCUT2D eigenvalue weighted by atomic mass is 9.72. The maximum Gasteiger partial charge on any atom is 0.0151 e. The van der Waals surface area contributed by atoms with Crippen molar-refractivity contribution in [3.05, 3.63) is 0 Å². The quantitative estimate of drug-likeness (QED) is 0.549. The molecule has 0 aliphatic heterocycles. The van der Waals surface area contributed by atoms with Gasteiger partial charge in [-0.05, 0) is 38.0 Å². The minimum absolute atomic E-state index is 0.118. The predicted octanol–water partition coefficient (Wildman–Crippen LogP) is 2.16. The highest BCUT2D eigenvalue weighted by Gasteiger charge is 2.31. The highest BCUT2D eigenvalue weighted by molar-refractivity contribution is 4.89. The average molecular weight is 141 g/mol. The molecule has 0 spiro atoms. The van der Waals surface area contributed by atoms with Crippen LogP contribution in [0.2, 0.25) is 0 Å². The van der Waals surface area contributed by atoms with Crippen molar-refractivity contribution in [1.82, 2.24) is 0 Å². The fourth-order valence-corrected chi connectivity index (χ4v) is 1.79. The molecule has 0 heterocycles. The van der Waals surface area contributed by atoms with Gasteiger partial charge < -0.3 is 5.73 Å². The predicted molar refractivity (Wildman–Crippen MR) is 44.8 cm³/mol. The molecule has 0 unspecified atom stereocenters. The number of nitrogens with two attached hydrogens (primary N) is 1. The third-order valence-electron chi connectivity index (χ3n) is 3.06. The normalized spacial score (nSPS) is 49.2. The van der Waals surface area contributed by atoms with Crippen molar-refractivity contribution in [2.75, 3.05) is 0 Å². The Bertz CT molecular complexity index is 118. The van der Waals surface area contributed by atoms with Crippen molar-refractivity contribution in [2.45, 2.75) is 45.6 Å². The van der Waals surface area contributed by atoms with Crippen molar-refractivity contribution in [3.63, 3.8) is 0 Å². The molecule has 60 valence electrons. The summed E-state index contributed by atoms with van der Waals surface area (Å²) in [6.45, 7) is 6.78. The molecule has 1 aliphatic carbocycles. The van der Waals surface area contributed by atoms with Gasteiger partial charge in [-0.25, -0.2) is 0 Å². The summed E-state index contributed by atoms with van der Waals surface area (Å²) in [6.07, 6.45) is 3.83. The van der Waals surface area contributed by atoms with Crippen LogP contribution < -0.4 is 5.73 Å². The van der Waals surface area contributed by atoms with E-state index in [4.69, 9.17) is 5.73 Å². The summed E-state index contributed by atoms with van der Waals surface area (Å²) in [6, 6.07) is 0. The Morgan fingerprint density at radius 2 is 2.00 bits per heavy atom. The Labute approximate surface area is 64.0 Å². The Hall–Kier alpha value is -0.0400. The van der Waals surface area contributed by atoms with Gasteiger partial charge in [-0.2, -0.15) is 0 Å². The van der Waals surface area contributed by atoms with Crippen molar-refractivity contribution in [2.24, 2.45) is 17.6 Å². The number of rotatable bonds is 0. The SMILES string of the molecule is C[C@@H]1CC[C@](C)(N)[C@H](C)C1. The molecule has 1 nitrogen and oxygen atoms in total. The van der Waals surface area contributed by atoms with Crippen LogP contribution in [-0.4, -0.2) is 5.54 Å². The van der Waals surface area contributed by atoms with E-state index in [1.54, 1.807) is 0 Å². The van der Waals surface area contributed by atoms with Gasteiger partial charge in [0.25, 0.3) is 0 Å². The van der Waals surface area contributed by atoms with Crippen LogP contribution >= 0.6 is 0 Å². The standard InChI is InChI=1S/C9H19N/c1-7-4-5-9(3,10)8(2)6-7/h7-8H,4-6,10H2,1-3H3/t7-,8-,9+/m1/s1. The molecule has 0 aromatic rings. The van der Waals surface area contributed by atoms with Crippen molar-refractivity contribution >= 4 is 0 Å². The first-order valence-electron chi connectivity index (χ1n) is 4.31. The summed E-state index contributed by atoms with van der Waals surface area (Å²) in [7, 11) is 0. The first-order valence-corrected chi connectivity index (χ1v) is 4.31. The lowest BCUT2D eigenvalue weighted by Crippen LogP contribution is -2.46. The molecule has 0 amide bonds. The average Bonchev–Trinajstić information content (AvgIpc) is 1.81. The molecule has 0 aromatic heterocycles. The van der Waals surface area contributed by atoms with Gasteiger partial charge in [-0.1, -0.05) is 13.8 Å². The molecule has 1 rings (SSSR count). The second kappa shape index (κ2) is 2.54. The molecule has 1 heteroatoms. The zero-order chi connectivity index (χ0) is 7.78. The monoisotopic (exact) mass is 141 g/mol. The number of hydrogen-bond acceptors (Lipinski definition) is 1. The van der Waals surface area contributed by atoms with Crippen LogP contribution in [0.15, 0.2) is 0 Å². The first-order chi connectivity index (χ1) is 4.52. The molecule has 1 fully saturated rings. The maximum atomic E-state index is 6.08. The largest absolute Gasteiger partial charge is 0.325 e. The molecule has 1 saturated carbocycles. The Morgan fingerprint density at radius 3 is 2.40 bits per heavy atom. The summed E-state index contributed by atoms with van der Waals surface area (Å²) in [4.78, 5) is 0. The second-order valence-corrected chi connectivity index (χ2v) is 4.29. The smallest absolute Gasteiger partial charge is 0.0151 e. The molecule has 0 saturated heterocycles. The lowest BCUT2D eigenvalue weighted by molar-refractivity contribution is 0.181. The van der Waals surface area contributed by atoms with E-state index in [1.165, 1.54) is 19.3 Å². The molecule has 0 radical (unpaired) electrons. The zero-order valence-electron chi connectivity index (χ0n) is 7.35. The van der Waals surface area contributed by atoms with Gasteiger partial charge in [0.05, 0.1) is 0 Å². The third-order valence-corrected chi connectivity index (χ3v) is 3.06. The van der Waals surface area contributed by atoms with Gasteiger partial charge in [0.15, 0.2) is 0 Å². The van der Waals surface area contributed by atoms with E-state index in [0.717, 1.165) is 5.92 Å². The van der Waals surface area contributed by atoms with Crippen LogP contribution in [-0.2, 0) is 0 Å². The van der Waals surface area contributed by atoms with Crippen LogP contribution in [0.5, 0.6) is 0 Å². The van der Waals surface area contributed by atoms with E-state index in [9.17, 15) is 0 Å². The van der Waals surface area contributed by atoms with Crippen LogP contribution in [0.4, 0.5) is 0 Å². The Balaban J connectivity index is 2.52. The van der Waals surface area contributed by atoms with Crippen molar-refractivity contribution in [3.8, 4) is 0 Å². The molecule has 10 heavy (non-hydrogen) atoms. The van der Waals surface area contributed by atoms with Gasteiger partial charge in [0.1, 0.15) is 0 Å². The van der Waals surface area contributed by atoms with Crippen molar-refractivity contribution < 1.29 is 0 Å². The number of hydrogen-bond donors (Lipinski definition) is 1. The highest BCUT2D eigenvalue weighted by Crippen LogP contribution is 2.34. The third kappa shape index (κ3) is 1.51. The van der Waals surface area contributed by atoms with Crippen LogP contribution in [0.1, 0.15) is 40.0 Å². The summed E-state index contributed by atoms with van der Waals surface area (Å²) in [5.74, 6) is 1.60. The van der Waals surface area contributed by atoms with Crippen LogP contribution in [0, 0.1) is 11.8 Å². The fraction of sp³-hybridized carbons (Fsp3) is 1.00. The summed E-state index contributed by atoms with van der Waals surface area (Å²) < 4.78 is 0. The van der Waals surface area contributed by atoms with E-state index in [2.05, 4.69) is 20.8 Å². The summed E-state index contributed by atoms with van der Waals surface area (Å²) >= 11 is 0. The molecule has 0 bridgehead atoms. The second-order valence-electron chi connectivity index (χ2n) is 4.29. The minimum atomic E-state index is 0.118. The molecule has 2 N–H and O–H groups in total. The lowest BCUT2D eigenvalue weighted by Gasteiger charge is -2.39. The van der Waals surface area contributed by atoms with Gasteiger partial charge >= 0.3 is 0 Å². The van der Waals surface area contributed by atoms with Gasteiger partial charge in [-0.3, -0.25) is 0 Å². The molecule has 1 aliphatic rings. The molecular formula is C9H19N. The topological polar surface area (TPSA) is 26.0 Å². The maximum absolute atomic E-state index is 6.08.